The Bertz CT molecular complexity index is 1310. The van der Waals surface area contributed by atoms with Crippen molar-refractivity contribution in [2.24, 2.45) is 11.7 Å². The summed E-state index contributed by atoms with van der Waals surface area (Å²) < 4.78 is 8.03. The SMILES string of the molecule is COc1c(N2CC[C@@H](C(C)(C)N)C2)ccc2c(=O)c3c(O)c(C#N)sc3n(C3CC3)c12. The zero-order valence-corrected chi connectivity index (χ0v) is 18.8. The monoisotopic (exact) mass is 438 g/mol. The number of fused-ring (bicyclic) bond motifs is 2. The summed E-state index contributed by atoms with van der Waals surface area (Å²) >= 11 is 1.18. The van der Waals surface area contributed by atoms with Crippen molar-refractivity contribution in [3.63, 3.8) is 0 Å². The first-order valence-corrected chi connectivity index (χ1v) is 11.4. The number of thiophene rings is 1. The van der Waals surface area contributed by atoms with Gasteiger partial charge in [0.15, 0.2) is 11.5 Å². The Hall–Kier alpha value is -2.76. The Morgan fingerprint density at radius 2 is 2.06 bits per heavy atom. The van der Waals surface area contributed by atoms with Gasteiger partial charge in [-0.1, -0.05) is 0 Å². The molecular weight excluding hydrogens is 412 g/mol. The molecule has 8 heteroatoms. The van der Waals surface area contributed by atoms with Gasteiger partial charge in [0.2, 0.25) is 5.43 Å². The zero-order valence-electron chi connectivity index (χ0n) is 17.9. The van der Waals surface area contributed by atoms with Crippen LogP contribution in [0.2, 0.25) is 0 Å². The molecule has 162 valence electrons. The molecule has 3 aromatic rings. The molecule has 1 saturated heterocycles. The van der Waals surface area contributed by atoms with E-state index in [1.165, 1.54) is 11.3 Å². The fourth-order valence-electron chi connectivity index (χ4n) is 4.80. The molecule has 7 nitrogen and oxygen atoms in total. The molecule has 2 fully saturated rings. The largest absolute Gasteiger partial charge is 0.505 e. The van der Waals surface area contributed by atoms with E-state index in [0.717, 1.165) is 43.6 Å². The fraction of sp³-hybridized carbons (Fsp3) is 0.478. The molecule has 1 aromatic carbocycles. The lowest BCUT2D eigenvalue weighted by molar-refractivity contribution is 0.348. The number of nitriles is 1. The minimum atomic E-state index is -0.261. The highest BCUT2D eigenvalue weighted by molar-refractivity contribution is 7.19. The van der Waals surface area contributed by atoms with E-state index in [1.54, 1.807) is 7.11 Å². The number of methoxy groups -OCH3 is 1. The molecule has 0 radical (unpaired) electrons. The molecule has 2 aliphatic rings. The van der Waals surface area contributed by atoms with Crippen molar-refractivity contribution >= 4 is 38.1 Å². The number of ether oxygens (including phenoxy) is 1. The smallest absolute Gasteiger partial charge is 0.202 e. The number of benzene rings is 1. The quantitative estimate of drug-likeness (QED) is 0.644. The van der Waals surface area contributed by atoms with Gasteiger partial charge in [-0.2, -0.15) is 5.26 Å². The van der Waals surface area contributed by atoms with E-state index in [0.29, 0.717) is 21.9 Å². The normalized spacial score (nSPS) is 19.3. The summed E-state index contributed by atoms with van der Waals surface area (Å²) in [7, 11) is 1.64. The average Bonchev–Trinajstić information content (AvgIpc) is 3.32. The third-order valence-electron chi connectivity index (χ3n) is 6.71. The lowest BCUT2D eigenvalue weighted by atomic mass is 9.88. The second-order valence-electron chi connectivity index (χ2n) is 9.27. The van der Waals surface area contributed by atoms with E-state index < -0.39 is 0 Å². The van der Waals surface area contributed by atoms with Gasteiger partial charge in [0, 0.05) is 24.7 Å². The number of anilines is 1. The maximum absolute atomic E-state index is 13.4. The predicted octanol–water partition coefficient (Wildman–Crippen LogP) is 3.70. The Kier molecular flexibility index (Phi) is 4.47. The van der Waals surface area contributed by atoms with Crippen LogP contribution >= 0.6 is 11.3 Å². The first kappa shape index (κ1) is 20.2. The first-order chi connectivity index (χ1) is 14.8. The van der Waals surface area contributed by atoms with Crippen LogP contribution in [0.4, 0.5) is 5.69 Å². The minimum absolute atomic E-state index is 0.170. The summed E-state index contributed by atoms with van der Waals surface area (Å²) in [5.74, 6) is 0.832. The molecule has 1 saturated carbocycles. The Balaban J connectivity index is 1.79. The van der Waals surface area contributed by atoms with E-state index in [2.05, 4.69) is 23.3 Å². The molecule has 2 aromatic heterocycles. The topological polar surface area (TPSA) is 105 Å². The number of nitrogens with zero attached hydrogens (tertiary/aromatic N) is 3. The lowest BCUT2D eigenvalue weighted by Crippen LogP contribution is -2.42. The summed E-state index contributed by atoms with van der Waals surface area (Å²) in [6.45, 7) is 5.84. The highest BCUT2D eigenvalue weighted by Crippen LogP contribution is 2.48. The van der Waals surface area contributed by atoms with Gasteiger partial charge in [-0.3, -0.25) is 4.79 Å². The van der Waals surface area contributed by atoms with Crippen molar-refractivity contribution in [2.75, 3.05) is 25.1 Å². The maximum atomic E-state index is 13.4. The van der Waals surface area contributed by atoms with Gasteiger partial charge in [-0.05, 0) is 51.2 Å². The van der Waals surface area contributed by atoms with Crippen LogP contribution < -0.4 is 20.8 Å². The molecular formula is C23H26N4O3S. The van der Waals surface area contributed by atoms with Crippen molar-refractivity contribution in [3.8, 4) is 17.6 Å². The molecule has 0 spiro atoms. The van der Waals surface area contributed by atoms with Gasteiger partial charge in [-0.25, -0.2) is 0 Å². The van der Waals surface area contributed by atoms with E-state index >= 15 is 0 Å². The summed E-state index contributed by atoms with van der Waals surface area (Å²) in [4.78, 5) is 16.5. The van der Waals surface area contributed by atoms with Gasteiger partial charge >= 0.3 is 0 Å². The number of pyridine rings is 1. The summed E-state index contributed by atoms with van der Waals surface area (Å²) in [5, 5.41) is 20.7. The number of aromatic hydroxyl groups is 1. The highest BCUT2D eigenvalue weighted by Gasteiger charge is 2.35. The molecule has 0 unspecified atom stereocenters. The Labute approximate surface area is 184 Å². The van der Waals surface area contributed by atoms with Crippen LogP contribution in [0.15, 0.2) is 16.9 Å². The van der Waals surface area contributed by atoms with Gasteiger partial charge in [-0.15, -0.1) is 11.3 Å². The Morgan fingerprint density at radius 3 is 2.65 bits per heavy atom. The van der Waals surface area contributed by atoms with E-state index in [-0.39, 0.29) is 33.0 Å². The predicted molar refractivity (Wildman–Crippen MR) is 123 cm³/mol. The zero-order chi connectivity index (χ0) is 22.1. The number of hydrogen-bond acceptors (Lipinski definition) is 7. The number of aromatic nitrogens is 1. The van der Waals surface area contributed by atoms with E-state index in [1.807, 2.05) is 18.2 Å². The molecule has 0 bridgehead atoms. The van der Waals surface area contributed by atoms with Gasteiger partial charge in [0.05, 0.1) is 23.7 Å². The van der Waals surface area contributed by atoms with Crippen LogP contribution in [-0.4, -0.2) is 35.4 Å². The van der Waals surface area contributed by atoms with Crippen LogP contribution in [0.3, 0.4) is 0 Å². The highest BCUT2D eigenvalue weighted by atomic mass is 32.1. The van der Waals surface area contributed by atoms with Gasteiger partial charge in [0.1, 0.15) is 21.2 Å². The molecule has 3 N–H and O–H groups in total. The van der Waals surface area contributed by atoms with Crippen LogP contribution in [0.5, 0.6) is 11.5 Å². The van der Waals surface area contributed by atoms with E-state index in [9.17, 15) is 15.2 Å². The van der Waals surface area contributed by atoms with Crippen LogP contribution in [-0.2, 0) is 0 Å². The van der Waals surface area contributed by atoms with Crippen LogP contribution in [0.1, 0.15) is 44.0 Å². The number of hydrogen-bond donors (Lipinski definition) is 2. The minimum Gasteiger partial charge on any atom is -0.505 e. The molecule has 1 atom stereocenters. The molecule has 5 rings (SSSR count). The average molecular weight is 439 g/mol. The van der Waals surface area contributed by atoms with Crippen LogP contribution in [0.25, 0.3) is 21.1 Å². The van der Waals surface area contributed by atoms with Crippen molar-refractivity contribution in [1.29, 1.82) is 5.26 Å². The molecule has 3 heterocycles. The van der Waals surface area contributed by atoms with Gasteiger partial charge in [0.25, 0.3) is 0 Å². The standard InChI is InChI=1S/C23H26N4O3S/c1-23(2,25)12-8-9-26(11-12)15-7-6-14-18(21(15)30-3)27(13-4-5-13)22-17(19(14)28)20(29)16(10-24)31-22/h6-7,12-13,29H,4-5,8-9,11,25H2,1-3H3/t12-/m1/s1. The second kappa shape index (κ2) is 6.87. The maximum Gasteiger partial charge on any atom is 0.202 e. The van der Waals surface area contributed by atoms with Crippen molar-refractivity contribution < 1.29 is 9.84 Å². The van der Waals surface area contributed by atoms with Crippen molar-refractivity contribution in [3.05, 3.63) is 27.2 Å². The molecule has 1 aliphatic carbocycles. The molecule has 0 amide bonds. The fourth-order valence-corrected chi connectivity index (χ4v) is 5.87. The number of rotatable bonds is 4. The summed E-state index contributed by atoms with van der Waals surface area (Å²) in [6, 6.07) is 6.02. The van der Waals surface area contributed by atoms with E-state index in [4.69, 9.17) is 10.5 Å². The second-order valence-corrected chi connectivity index (χ2v) is 10.3. The summed E-state index contributed by atoms with van der Waals surface area (Å²) in [6.07, 6.45) is 2.99. The summed E-state index contributed by atoms with van der Waals surface area (Å²) in [5.41, 5.74) is 7.56. The van der Waals surface area contributed by atoms with Gasteiger partial charge < -0.3 is 25.0 Å². The van der Waals surface area contributed by atoms with Crippen molar-refractivity contribution in [2.45, 2.75) is 44.7 Å². The first-order valence-electron chi connectivity index (χ1n) is 10.6. The molecule has 31 heavy (non-hydrogen) atoms. The van der Waals surface area contributed by atoms with Crippen LogP contribution in [0, 0.1) is 17.2 Å². The third kappa shape index (κ3) is 2.99. The van der Waals surface area contributed by atoms with Crippen molar-refractivity contribution in [1.82, 2.24) is 4.57 Å². The third-order valence-corrected chi connectivity index (χ3v) is 7.79. The lowest BCUT2D eigenvalue weighted by Gasteiger charge is -2.28. The molecule has 1 aliphatic heterocycles. The Morgan fingerprint density at radius 1 is 1.32 bits per heavy atom. The number of nitrogens with two attached hydrogens (primary N) is 1.